The van der Waals surface area contributed by atoms with Crippen molar-refractivity contribution in [2.45, 2.75) is 11.3 Å². The molecule has 138 valence electrons. The van der Waals surface area contributed by atoms with Crippen LogP contribution in [0, 0.1) is 6.92 Å². The molecule has 0 bridgehead atoms. The Morgan fingerprint density at radius 1 is 1.15 bits per heavy atom. The van der Waals surface area contributed by atoms with Crippen molar-refractivity contribution in [1.29, 1.82) is 0 Å². The van der Waals surface area contributed by atoms with Gasteiger partial charge in [-0.15, -0.1) is 0 Å². The van der Waals surface area contributed by atoms with Crippen LogP contribution in [0.2, 0.25) is 0 Å². The van der Waals surface area contributed by atoms with Gasteiger partial charge in [0.2, 0.25) is 5.91 Å². The molecular formula is C19H17N3O3S2. The second kappa shape index (κ2) is 7.98. The van der Waals surface area contributed by atoms with Gasteiger partial charge in [0.25, 0.3) is 0 Å². The zero-order valence-corrected chi connectivity index (χ0v) is 16.2. The number of hydrogen-bond donors (Lipinski definition) is 1. The van der Waals surface area contributed by atoms with Crippen molar-refractivity contribution >= 4 is 34.9 Å². The summed E-state index contributed by atoms with van der Waals surface area (Å²) in [7, 11) is 0. The number of anilines is 1. The van der Waals surface area contributed by atoms with Crippen molar-refractivity contribution in [2.75, 3.05) is 24.3 Å². The summed E-state index contributed by atoms with van der Waals surface area (Å²) >= 11 is 2.67. The van der Waals surface area contributed by atoms with Crippen molar-refractivity contribution in [2.24, 2.45) is 0 Å². The average Bonchev–Trinajstić information content (AvgIpc) is 3.16. The van der Waals surface area contributed by atoms with Crippen LogP contribution in [0.1, 0.15) is 5.56 Å². The first-order valence-corrected chi connectivity index (χ1v) is 10.2. The molecule has 0 spiro atoms. The summed E-state index contributed by atoms with van der Waals surface area (Å²) in [6.45, 7) is 3.10. The molecule has 27 heavy (non-hydrogen) atoms. The van der Waals surface area contributed by atoms with Gasteiger partial charge in [-0.05, 0) is 30.6 Å². The molecule has 3 aromatic rings. The predicted octanol–water partition coefficient (Wildman–Crippen LogP) is 4.02. The van der Waals surface area contributed by atoms with Crippen LogP contribution in [0.15, 0.2) is 46.8 Å². The fourth-order valence-corrected chi connectivity index (χ4v) is 3.95. The number of carbonyl (C=O) groups is 1. The summed E-state index contributed by atoms with van der Waals surface area (Å²) in [6.07, 6.45) is 0. The second-order valence-electron chi connectivity index (χ2n) is 5.95. The Morgan fingerprint density at radius 3 is 2.74 bits per heavy atom. The third kappa shape index (κ3) is 4.40. The number of nitrogens with zero attached hydrogens (tertiary/aromatic N) is 2. The number of aryl methyl sites for hydroxylation is 1. The molecule has 6 nitrogen and oxygen atoms in total. The van der Waals surface area contributed by atoms with Gasteiger partial charge in [-0.1, -0.05) is 41.6 Å². The summed E-state index contributed by atoms with van der Waals surface area (Å²) in [5, 5.41) is 2.87. The number of ether oxygens (including phenoxy) is 2. The number of benzene rings is 2. The number of aromatic nitrogens is 2. The number of hydrogen-bond acceptors (Lipinski definition) is 7. The zero-order chi connectivity index (χ0) is 18.6. The van der Waals surface area contributed by atoms with Crippen molar-refractivity contribution in [1.82, 2.24) is 9.36 Å². The van der Waals surface area contributed by atoms with Crippen LogP contribution in [0.4, 0.5) is 5.69 Å². The predicted molar refractivity (Wildman–Crippen MR) is 107 cm³/mol. The minimum atomic E-state index is -0.108. The van der Waals surface area contributed by atoms with Crippen LogP contribution >= 0.6 is 23.3 Å². The lowest BCUT2D eigenvalue weighted by Gasteiger charge is -2.18. The minimum Gasteiger partial charge on any atom is -0.486 e. The lowest BCUT2D eigenvalue weighted by molar-refractivity contribution is -0.113. The van der Waals surface area contributed by atoms with Crippen LogP contribution in [0.3, 0.4) is 0 Å². The number of fused-ring (bicyclic) bond motifs is 1. The third-order valence-electron chi connectivity index (χ3n) is 3.87. The van der Waals surface area contributed by atoms with E-state index in [1.54, 1.807) is 18.2 Å². The quantitative estimate of drug-likeness (QED) is 0.654. The van der Waals surface area contributed by atoms with Crippen LogP contribution in [0.5, 0.6) is 11.5 Å². The van der Waals surface area contributed by atoms with E-state index in [-0.39, 0.29) is 11.7 Å². The van der Waals surface area contributed by atoms with Crippen molar-refractivity contribution in [3.63, 3.8) is 0 Å². The van der Waals surface area contributed by atoms with Gasteiger partial charge in [-0.3, -0.25) is 4.79 Å². The molecule has 1 aliphatic rings. The Morgan fingerprint density at radius 2 is 1.93 bits per heavy atom. The molecule has 0 atom stereocenters. The van der Waals surface area contributed by atoms with E-state index in [0.29, 0.717) is 36.2 Å². The number of amides is 1. The Bertz CT molecular complexity index is 957. The highest BCUT2D eigenvalue weighted by Crippen LogP contribution is 2.32. The van der Waals surface area contributed by atoms with E-state index in [9.17, 15) is 4.79 Å². The molecule has 1 aliphatic heterocycles. The molecular weight excluding hydrogens is 382 g/mol. The smallest absolute Gasteiger partial charge is 0.234 e. The Balaban J connectivity index is 1.34. The summed E-state index contributed by atoms with van der Waals surface area (Å²) in [5.41, 5.74) is 2.85. The van der Waals surface area contributed by atoms with Crippen molar-refractivity contribution in [3.8, 4) is 22.9 Å². The number of thioether (sulfide) groups is 1. The molecule has 2 aromatic carbocycles. The molecule has 1 aromatic heterocycles. The number of nitrogens with one attached hydrogen (secondary N) is 1. The number of carbonyl (C=O) groups excluding carboxylic acids is 1. The van der Waals surface area contributed by atoms with Crippen LogP contribution in [-0.2, 0) is 4.79 Å². The highest BCUT2D eigenvalue weighted by Gasteiger charge is 2.14. The molecule has 2 heterocycles. The molecule has 4 rings (SSSR count). The summed E-state index contributed by atoms with van der Waals surface area (Å²) in [6, 6.07) is 13.4. The summed E-state index contributed by atoms with van der Waals surface area (Å²) < 4.78 is 16.1. The van der Waals surface area contributed by atoms with Gasteiger partial charge in [-0.2, -0.15) is 4.37 Å². The second-order valence-corrected chi connectivity index (χ2v) is 7.92. The van der Waals surface area contributed by atoms with Gasteiger partial charge in [0.15, 0.2) is 21.7 Å². The molecule has 1 amide bonds. The van der Waals surface area contributed by atoms with E-state index in [0.717, 1.165) is 9.90 Å². The van der Waals surface area contributed by atoms with Gasteiger partial charge >= 0.3 is 0 Å². The maximum Gasteiger partial charge on any atom is 0.234 e. The first kappa shape index (κ1) is 17.8. The van der Waals surface area contributed by atoms with E-state index in [4.69, 9.17) is 9.47 Å². The average molecular weight is 399 g/mol. The lowest BCUT2D eigenvalue weighted by atomic mass is 10.1. The fourth-order valence-electron chi connectivity index (χ4n) is 2.53. The van der Waals surface area contributed by atoms with Crippen LogP contribution in [-0.4, -0.2) is 34.2 Å². The summed E-state index contributed by atoms with van der Waals surface area (Å²) in [4.78, 5) is 16.7. The standard InChI is InChI=1S/C19H17N3O3S2/c1-12-2-4-13(5-3-12)18-21-19(27-22-18)26-11-17(23)20-14-6-7-15-16(10-14)25-9-8-24-15/h2-7,10H,8-9,11H2,1H3,(H,20,23). The first-order valence-electron chi connectivity index (χ1n) is 8.40. The molecule has 1 N–H and O–H groups in total. The SMILES string of the molecule is Cc1ccc(-c2nsc(SCC(=O)Nc3ccc4c(c3)OCCO4)n2)cc1. The van der Waals surface area contributed by atoms with Gasteiger partial charge < -0.3 is 14.8 Å². The molecule has 0 unspecified atom stereocenters. The van der Waals surface area contributed by atoms with Gasteiger partial charge in [0, 0.05) is 17.3 Å². The fraction of sp³-hybridized carbons (Fsp3) is 0.211. The third-order valence-corrected chi connectivity index (χ3v) is 5.70. The zero-order valence-electron chi connectivity index (χ0n) is 14.6. The Hall–Kier alpha value is -2.58. The molecule has 8 heteroatoms. The Kier molecular flexibility index (Phi) is 5.26. The van der Waals surface area contributed by atoms with Crippen molar-refractivity contribution in [3.05, 3.63) is 48.0 Å². The van der Waals surface area contributed by atoms with Crippen LogP contribution < -0.4 is 14.8 Å². The van der Waals surface area contributed by atoms with E-state index < -0.39 is 0 Å². The number of rotatable bonds is 5. The molecule has 0 fully saturated rings. The first-order chi connectivity index (χ1) is 13.2. The largest absolute Gasteiger partial charge is 0.486 e. The highest BCUT2D eigenvalue weighted by atomic mass is 32.2. The van der Waals surface area contributed by atoms with Crippen molar-refractivity contribution < 1.29 is 14.3 Å². The van der Waals surface area contributed by atoms with Gasteiger partial charge in [0.1, 0.15) is 13.2 Å². The minimum absolute atomic E-state index is 0.108. The normalized spacial score (nSPS) is 12.6. The highest BCUT2D eigenvalue weighted by molar-refractivity contribution is 8.01. The monoisotopic (exact) mass is 399 g/mol. The van der Waals surface area contributed by atoms with Gasteiger partial charge in [0.05, 0.1) is 5.75 Å². The molecule has 0 saturated carbocycles. The van der Waals surface area contributed by atoms with Crippen LogP contribution in [0.25, 0.3) is 11.4 Å². The molecule has 0 aliphatic carbocycles. The Labute approximate surface area is 165 Å². The molecule has 0 saturated heterocycles. The topological polar surface area (TPSA) is 73.3 Å². The van der Waals surface area contributed by atoms with E-state index >= 15 is 0 Å². The van der Waals surface area contributed by atoms with E-state index in [1.807, 2.05) is 31.2 Å². The van der Waals surface area contributed by atoms with E-state index in [2.05, 4.69) is 14.7 Å². The summed E-state index contributed by atoms with van der Waals surface area (Å²) in [5.74, 6) is 2.19. The lowest BCUT2D eigenvalue weighted by Crippen LogP contribution is -2.17. The maximum atomic E-state index is 12.2. The van der Waals surface area contributed by atoms with Gasteiger partial charge in [-0.25, -0.2) is 4.98 Å². The van der Waals surface area contributed by atoms with E-state index in [1.165, 1.54) is 28.9 Å². The molecule has 0 radical (unpaired) electrons. The maximum absolute atomic E-state index is 12.2.